The summed E-state index contributed by atoms with van der Waals surface area (Å²) in [6.07, 6.45) is 5.76. The Labute approximate surface area is 95.7 Å². The summed E-state index contributed by atoms with van der Waals surface area (Å²) in [5, 5.41) is 1.23. The SMILES string of the molecule is C=C/C=C\c1c(CN)c2ccccc2n1C. The zero-order chi connectivity index (χ0) is 11.5. The van der Waals surface area contributed by atoms with Crippen molar-refractivity contribution in [2.24, 2.45) is 12.8 Å². The lowest BCUT2D eigenvalue weighted by atomic mass is 10.1. The summed E-state index contributed by atoms with van der Waals surface area (Å²) in [5.74, 6) is 0. The molecule has 0 atom stereocenters. The molecule has 2 aromatic rings. The van der Waals surface area contributed by atoms with Crippen LogP contribution in [0.15, 0.2) is 43.0 Å². The van der Waals surface area contributed by atoms with E-state index in [1.807, 2.05) is 18.2 Å². The molecule has 0 unspecified atom stereocenters. The molecule has 2 nitrogen and oxygen atoms in total. The summed E-state index contributed by atoms with van der Waals surface area (Å²) in [5.41, 5.74) is 9.39. The summed E-state index contributed by atoms with van der Waals surface area (Å²) >= 11 is 0. The summed E-state index contributed by atoms with van der Waals surface area (Å²) in [7, 11) is 2.06. The molecule has 0 saturated heterocycles. The molecule has 1 heterocycles. The first-order chi connectivity index (χ1) is 7.79. The first-order valence-electron chi connectivity index (χ1n) is 5.35. The third kappa shape index (κ3) is 1.57. The van der Waals surface area contributed by atoms with Crippen molar-refractivity contribution in [1.82, 2.24) is 4.57 Å². The van der Waals surface area contributed by atoms with E-state index in [-0.39, 0.29) is 0 Å². The molecule has 0 saturated carbocycles. The van der Waals surface area contributed by atoms with Gasteiger partial charge in [0.25, 0.3) is 0 Å². The molecule has 0 spiro atoms. The average Bonchev–Trinajstić information content (AvgIpc) is 2.60. The normalized spacial score (nSPS) is 11.4. The molecule has 2 heteroatoms. The number of aryl methyl sites for hydroxylation is 1. The van der Waals surface area contributed by atoms with Gasteiger partial charge in [-0.2, -0.15) is 0 Å². The van der Waals surface area contributed by atoms with Crippen molar-refractivity contribution in [2.45, 2.75) is 6.54 Å². The fourth-order valence-corrected chi connectivity index (χ4v) is 2.08. The van der Waals surface area contributed by atoms with Gasteiger partial charge in [-0.1, -0.05) is 36.9 Å². The van der Waals surface area contributed by atoms with Crippen molar-refractivity contribution < 1.29 is 0 Å². The summed E-state index contributed by atoms with van der Waals surface area (Å²) in [4.78, 5) is 0. The quantitative estimate of drug-likeness (QED) is 0.779. The van der Waals surface area contributed by atoms with E-state index in [1.54, 1.807) is 6.08 Å². The van der Waals surface area contributed by atoms with Crippen LogP contribution in [-0.4, -0.2) is 4.57 Å². The van der Waals surface area contributed by atoms with Crippen LogP contribution < -0.4 is 5.73 Å². The predicted octanol–water partition coefficient (Wildman–Crippen LogP) is 2.84. The van der Waals surface area contributed by atoms with Gasteiger partial charge in [-0.05, 0) is 17.7 Å². The standard InChI is InChI=1S/C14H16N2/c1-3-4-8-14-12(10-15)11-7-5-6-9-13(11)16(14)2/h3-9H,1,10,15H2,2H3/b8-4-. The predicted molar refractivity (Wildman–Crippen MR) is 70.0 cm³/mol. The molecule has 0 fully saturated rings. The van der Waals surface area contributed by atoms with Crippen LogP contribution in [0, 0.1) is 0 Å². The largest absolute Gasteiger partial charge is 0.344 e. The van der Waals surface area contributed by atoms with Gasteiger partial charge in [-0.3, -0.25) is 0 Å². The molecule has 0 aliphatic rings. The highest BCUT2D eigenvalue weighted by atomic mass is 14.9. The lowest BCUT2D eigenvalue weighted by molar-refractivity contribution is 0.933. The molecule has 2 N–H and O–H groups in total. The number of aromatic nitrogens is 1. The molecule has 0 aliphatic heterocycles. The Hall–Kier alpha value is -1.80. The molecule has 1 aromatic carbocycles. The number of hydrogen-bond acceptors (Lipinski definition) is 1. The van der Waals surface area contributed by atoms with Gasteiger partial charge in [0.1, 0.15) is 0 Å². The first kappa shape index (κ1) is 10.7. The molecular formula is C14H16N2. The van der Waals surface area contributed by atoms with Crippen LogP contribution in [-0.2, 0) is 13.6 Å². The summed E-state index contributed by atoms with van der Waals surface area (Å²) in [6, 6.07) is 8.31. The van der Waals surface area contributed by atoms with Crippen molar-refractivity contribution in [2.75, 3.05) is 0 Å². The molecule has 1 aromatic heterocycles. The van der Waals surface area contributed by atoms with Gasteiger partial charge in [0.15, 0.2) is 0 Å². The Kier molecular flexibility index (Phi) is 2.93. The smallest absolute Gasteiger partial charge is 0.0485 e. The Morgan fingerprint density at radius 3 is 2.81 bits per heavy atom. The van der Waals surface area contributed by atoms with Gasteiger partial charge >= 0.3 is 0 Å². The van der Waals surface area contributed by atoms with E-state index in [0.29, 0.717) is 6.54 Å². The van der Waals surface area contributed by atoms with Gasteiger partial charge < -0.3 is 10.3 Å². The minimum atomic E-state index is 0.554. The number of allylic oxidation sites excluding steroid dienone is 2. The average molecular weight is 212 g/mol. The third-order valence-corrected chi connectivity index (χ3v) is 2.86. The van der Waals surface area contributed by atoms with E-state index >= 15 is 0 Å². The topological polar surface area (TPSA) is 30.9 Å². The van der Waals surface area contributed by atoms with Crippen LogP contribution >= 0.6 is 0 Å². The number of nitrogens with zero attached hydrogens (tertiary/aromatic N) is 1. The summed E-state index contributed by atoms with van der Waals surface area (Å²) < 4.78 is 2.16. The Balaban J connectivity index is 2.76. The van der Waals surface area contributed by atoms with Crippen molar-refractivity contribution >= 4 is 17.0 Å². The Morgan fingerprint density at radius 2 is 2.12 bits per heavy atom. The number of fused-ring (bicyclic) bond motifs is 1. The zero-order valence-electron chi connectivity index (χ0n) is 9.48. The van der Waals surface area contributed by atoms with Crippen LogP contribution in [0.4, 0.5) is 0 Å². The van der Waals surface area contributed by atoms with E-state index in [1.165, 1.54) is 16.5 Å². The van der Waals surface area contributed by atoms with Crippen LogP contribution in [0.3, 0.4) is 0 Å². The minimum absolute atomic E-state index is 0.554. The molecule has 0 aliphatic carbocycles. The molecule has 0 radical (unpaired) electrons. The molecular weight excluding hydrogens is 196 g/mol. The number of benzene rings is 1. The van der Waals surface area contributed by atoms with Crippen molar-refractivity contribution in [3.8, 4) is 0 Å². The van der Waals surface area contributed by atoms with Gasteiger partial charge in [-0.25, -0.2) is 0 Å². The van der Waals surface area contributed by atoms with Gasteiger partial charge in [-0.15, -0.1) is 0 Å². The van der Waals surface area contributed by atoms with Crippen LogP contribution in [0.5, 0.6) is 0 Å². The first-order valence-corrected chi connectivity index (χ1v) is 5.35. The lowest BCUT2D eigenvalue weighted by Crippen LogP contribution is -1.99. The number of nitrogens with two attached hydrogens (primary N) is 1. The van der Waals surface area contributed by atoms with E-state index in [9.17, 15) is 0 Å². The van der Waals surface area contributed by atoms with Gasteiger partial charge in [0.05, 0.1) is 0 Å². The summed E-state index contributed by atoms with van der Waals surface area (Å²) in [6.45, 7) is 4.24. The Morgan fingerprint density at radius 1 is 1.38 bits per heavy atom. The maximum absolute atomic E-state index is 5.83. The highest BCUT2D eigenvalue weighted by Gasteiger charge is 2.10. The van der Waals surface area contributed by atoms with Crippen LogP contribution in [0.25, 0.3) is 17.0 Å². The van der Waals surface area contributed by atoms with E-state index < -0.39 is 0 Å². The second kappa shape index (κ2) is 4.37. The maximum atomic E-state index is 5.83. The number of rotatable bonds is 3. The second-order valence-electron chi connectivity index (χ2n) is 3.74. The van der Waals surface area contributed by atoms with E-state index in [2.05, 4.69) is 36.4 Å². The van der Waals surface area contributed by atoms with Gasteiger partial charge in [0.2, 0.25) is 0 Å². The highest BCUT2D eigenvalue weighted by Crippen LogP contribution is 2.25. The second-order valence-corrected chi connectivity index (χ2v) is 3.74. The van der Waals surface area contributed by atoms with Crippen molar-refractivity contribution in [1.29, 1.82) is 0 Å². The monoisotopic (exact) mass is 212 g/mol. The zero-order valence-corrected chi connectivity index (χ0v) is 9.48. The van der Waals surface area contributed by atoms with Crippen LogP contribution in [0.2, 0.25) is 0 Å². The van der Waals surface area contributed by atoms with Crippen molar-refractivity contribution in [3.63, 3.8) is 0 Å². The molecule has 0 bridgehead atoms. The molecule has 2 rings (SSSR count). The highest BCUT2D eigenvalue weighted by molar-refractivity contribution is 5.88. The third-order valence-electron chi connectivity index (χ3n) is 2.86. The minimum Gasteiger partial charge on any atom is -0.344 e. The van der Waals surface area contributed by atoms with Gasteiger partial charge in [0, 0.05) is 30.2 Å². The molecule has 16 heavy (non-hydrogen) atoms. The fraction of sp³-hybridized carbons (Fsp3) is 0.143. The molecule has 82 valence electrons. The van der Waals surface area contributed by atoms with Crippen LogP contribution in [0.1, 0.15) is 11.3 Å². The van der Waals surface area contributed by atoms with Crippen molar-refractivity contribution in [3.05, 3.63) is 54.3 Å². The Bertz CT molecular complexity index is 547. The number of para-hydroxylation sites is 1. The van der Waals surface area contributed by atoms with E-state index in [4.69, 9.17) is 5.73 Å². The molecule has 0 amide bonds. The maximum Gasteiger partial charge on any atom is 0.0485 e. The van der Waals surface area contributed by atoms with E-state index in [0.717, 1.165) is 5.69 Å². The fourth-order valence-electron chi connectivity index (χ4n) is 2.08. The lowest BCUT2D eigenvalue weighted by Gasteiger charge is -2.00. The number of hydrogen-bond donors (Lipinski definition) is 1.